The van der Waals surface area contributed by atoms with Crippen molar-refractivity contribution in [2.45, 2.75) is 18.9 Å². The Morgan fingerprint density at radius 1 is 1.26 bits per heavy atom. The highest BCUT2D eigenvalue weighted by molar-refractivity contribution is 5.88. The van der Waals surface area contributed by atoms with Gasteiger partial charge in [0.1, 0.15) is 17.9 Å². The Balaban J connectivity index is 1.61. The summed E-state index contributed by atoms with van der Waals surface area (Å²) in [4.78, 5) is 6.87. The normalized spacial score (nSPS) is 14.9. The van der Waals surface area contributed by atoms with Gasteiger partial charge in [-0.05, 0) is 30.5 Å². The lowest BCUT2D eigenvalue weighted by molar-refractivity contribution is 0.132. The minimum absolute atomic E-state index is 0.0533. The van der Waals surface area contributed by atoms with Gasteiger partial charge in [-0.25, -0.2) is 18.8 Å². The van der Waals surface area contributed by atoms with Crippen molar-refractivity contribution >= 4 is 22.8 Å². The highest BCUT2D eigenvalue weighted by Gasteiger charge is 2.23. The number of halogens is 2. The summed E-state index contributed by atoms with van der Waals surface area (Å²) in [7, 11) is 3.18. The number of ether oxygens (including phenoxy) is 2. The van der Waals surface area contributed by atoms with Crippen LogP contribution in [0.1, 0.15) is 12.8 Å². The molecule has 0 spiro atoms. The number of aromatic nitrogens is 3. The van der Waals surface area contributed by atoms with Gasteiger partial charge in [0.05, 0.1) is 31.2 Å². The molecule has 0 unspecified atom stereocenters. The summed E-state index contributed by atoms with van der Waals surface area (Å²) in [6.07, 6.45) is 3.15. The van der Waals surface area contributed by atoms with Gasteiger partial charge in [-0.3, -0.25) is 0 Å². The minimum atomic E-state index is -0.588. The van der Waals surface area contributed by atoms with Crippen molar-refractivity contribution < 1.29 is 18.3 Å². The van der Waals surface area contributed by atoms with Crippen LogP contribution in [0.25, 0.3) is 16.6 Å². The van der Waals surface area contributed by atoms with Gasteiger partial charge in [0.15, 0.2) is 5.82 Å². The van der Waals surface area contributed by atoms with Crippen LogP contribution < -0.4 is 15.4 Å². The Kier molecular flexibility index (Phi) is 8.03. The largest absolute Gasteiger partial charge is 0.479 e. The first kappa shape index (κ1) is 24.7. The topological polar surface area (TPSA) is 112 Å². The molecule has 1 aliphatic heterocycles. The summed E-state index contributed by atoms with van der Waals surface area (Å²) in [6, 6.07) is 5.05. The van der Waals surface area contributed by atoms with Crippen molar-refractivity contribution in [3.8, 4) is 17.0 Å². The number of nitrogens with one attached hydrogen (secondary N) is 3. The number of fused-ring (bicyclic) bond motifs is 1. The fourth-order valence-corrected chi connectivity index (χ4v) is 4.32. The molecule has 0 radical (unpaired) electrons. The fraction of sp³-hybridized carbons (Fsp3) is 0.478. The van der Waals surface area contributed by atoms with Gasteiger partial charge in [-0.2, -0.15) is 10.1 Å². The molecule has 1 saturated heterocycles. The molecule has 0 amide bonds. The average Bonchev–Trinajstić information content (AvgIpc) is 3.21. The van der Waals surface area contributed by atoms with Gasteiger partial charge in [0, 0.05) is 39.3 Å². The number of anilines is 2. The fourth-order valence-electron chi connectivity index (χ4n) is 4.32. The predicted molar refractivity (Wildman–Crippen MR) is 129 cm³/mol. The van der Waals surface area contributed by atoms with Crippen molar-refractivity contribution in [3.05, 3.63) is 30.2 Å². The number of alkyl halides is 1. The molecule has 3 N–H and O–H groups in total. The second kappa shape index (κ2) is 11.4. The molecule has 3 aromatic rings. The van der Waals surface area contributed by atoms with E-state index in [-0.39, 0.29) is 24.0 Å². The maximum absolute atomic E-state index is 15.2. The van der Waals surface area contributed by atoms with Gasteiger partial charge in [-0.15, -0.1) is 5.10 Å². The zero-order valence-corrected chi connectivity index (χ0v) is 19.9. The molecule has 0 aliphatic carbocycles. The first-order valence-corrected chi connectivity index (χ1v) is 11.5. The van der Waals surface area contributed by atoms with Crippen LogP contribution in [0.4, 0.5) is 26.1 Å². The molecule has 0 atom stereocenters. The molecule has 1 aromatic carbocycles. The number of piperidine rings is 1. The van der Waals surface area contributed by atoms with E-state index in [2.05, 4.69) is 30.7 Å². The number of methoxy groups -OCH3 is 2. The summed E-state index contributed by atoms with van der Waals surface area (Å²) in [5, 5.41) is 14.2. The lowest BCUT2D eigenvalue weighted by Crippen LogP contribution is -2.40. The molecule has 12 heteroatoms. The van der Waals surface area contributed by atoms with Gasteiger partial charge in [0.25, 0.3) is 0 Å². The zero-order chi connectivity index (χ0) is 24.8. The van der Waals surface area contributed by atoms with Crippen LogP contribution in [-0.2, 0) is 4.74 Å². The van der Waals surface area contributed by atoms with E-state index in [1.54, 1.807) is 25.3 Å². The van der Waals surface area contributed by atoms with Gasteiger partial charge in [0.2, 0.25) is 11.8 Å². The van der Waals surface area contributed by atoms with Crippen LogP contribution in [0.5, 0.6) is 5.88 Å². The van der Waals surface area contributed by atoms with Crippen LogP contribution in [0, 0.1) is 11.3 Å². The van der Waals surface area contributed by atoms with Crippen molar-refractivity contribution in [2.24, 2.45) is 5.11 Å². The maximum atomic E-state index is 15.2. The molecule has 3 heterocycles. The van der Waals surface area contributed by atoms with Gasteiger partial charge >= 0.3 is 0 Å². The summed E-state index contributed by atoms with van der Waals surface area (Å²) < 4.78 is 40.0. The lowest BCUT2D eigenvalue weighted by Gasteiger charge is -2.32. The third kappa shape index (κ3) is 5.49. The third-order valence-corrected chi connectivity index (χ3v) is 6.09. The Hall–Kier alpha value is -3.38. The number of likely N-dealkylation sites (tertiary alicyclic amines) is 1. The van der Waals surface area contributed by atoms with Gasteiger partial charge in [-0.1, -0.05) is 6.07 Å². The molecule has 188 valence electrons. The van der Waals surface area contributed by atoms with Crippen LogP contribution >= 0.6 is 0 Å². The van der Waals surface area contributed by atoms with Crippen molar-refractivity contribution in [2.75, 3.05) is 64.3 Å². The van der Waals surface area contributed by atoms with Crippen LogP contribution in [-0.4, -0.2) is 79.2 Å². The Bertz CT molecular complexity index is 1160. The second-order valence-corrected chi connectivity index (χ2v) is 8.30. The van der Waals surface area contributed by atoms with Crippen molar-refractivity contribution in [1.29, 1.82) is 5.53 Å². The van der Waals surface area contributed by atoms with Crippen LogP contribution in [0.15, 0.2) is 29.5 Å². The SMILES string of the molecule is COCCN1CCC(Nc2nc(OC)c3c(-c4ccc(N=N)c(NCCF)c4)c(F)cn3n2)CC1. The highest BCUT2D eigenvalue weighted by Crippen LogP contribution is 2.37. The van der Waals surface area contributed by atoms with Crippen LogP contribution in [0.2, 0.25) is 0 Å². The summed E-state index contributed by atoms with van der Waals surface area (Å²) in [6.45, 7) is 2.98. The van der Waals surface area contributed by atoms with E-state index in [4.69, 9.17) is 15.0 Å². The van der Waals surface area contributed by atoms with Crippen LogP contribution in [0.3, 0.4) is 0 Å². The number of nitrogens with zero attached hydrogens (tertiary/aromatic N) is 5. The number of rotatable bonds is 11. The number of hydrogen-bond donors (Lipinski definition) is 3. The van der Waals surface area contributed by atoms with Gasteiger partial charge < -0.3 is 25.0 Å². The van der Waals surface area contributed by atoms with E-state index in [0.717, 1.165) is 32.5 Å². The molecule has 4 rings (SSSR count). The number of benzene rings is 1. The minimum Gasteiger partial charge on any atom is -0.479 e. The first-order valence-electron chi connectivity index (χ1n) is 11.5. The summed E-state index contributed by atoms with van der Waals surface area (Å²) in [5.74, 6) is 0.0829. The number of hydrogen-bond acceptors (Lipinski definition) is 9. The van der Waals surface area contributed by atoms with Crippen molar-refractivity contribution in [1.82, 2.24) is 19.5 Å². The molecule has 1 aliphatic rings. The Morgan fingerprint density at radius 3 is 2.74 bits per heavy atom. The lowest BCUT2D eigenvalue weighted by atomic mass is 10.0. The van der Waals surface area contributed by atoms with Crippen molar-refractivity contribution in [3.63, 3.8) is 0 Å². The smallest absolute Gasteiger partial charge is 0.244 e. The van der Waals surface area contributed by atoms with E-state index in [9.17, 15) is 4.39 Å². The molecule has 0 saturated carbocycles. The van der Waals surface area contributed by atoms with E-state index >= 15 is 4.39 Å². The standard InChI is InChI=1S/C23H30F2N8O2/c1-34-12-11-32-9-5-16(6-10-32)28-23-29-22(35-2)21-20(17(25)14-33(21)31-23)15-3-4-18(30-26)19(13-15)27-8-7-24/h3-4,13-14,16,26-27H,5-12H2,1-2H3,(H,28,31). The highest BCUT2D eigenvalue weighted by atomic mass is 19.1. The third-order valence-electron chi connectivity index (χ3n) is 6.09. The predicted octanol–water partition coefficient (Wildman–Crippen LogP) is 4.11. The monoisotopic (exact) mass is 488 g/mol. The van der Waals surface area contributed by atoms with E-state index < -0.39 is 12.5 Å². The Morgan fingerprint density at radius 2 is 2.06 bits per heavy atom. The molecule has 0 bridgehead atoms. The quantitative estimate of drug-likeness (QED) is 0.348. The maximum Gasteiger partial charge on any atom is 0.244 e. The molecule has 1 fully saturated rings. The Labute approximate surface area is 202 Å². The first-order chi connectivity index (χ1) is 17.1. The van der Waals surface area contributed by atoms with E-state index in [1.807, 2.05) is 0 Å². The molecular weight excluding hydrogens is 458 g/mol. The summed E-state index contributed by atoms with van der Waals surface area (Å²) >= 11 is 0. The molecular formula is C23H30F2N8O2. The average molecular weight is 489 g/mol. The zero-order valence-electron chi connectivity index (χ0n) is 19.9. The summed E-state index contributed by atoms with van der Waals surface area (Å²) in [5.41, 5.74) is 9.22. The molecule has 35 heavy (non-hydrogen) atoms. The van der Waals surface area contributed by atoms with E-state index in [1.165, 1.54) is 17.8 Å². The molecule has 10 nitrogen and oxygen atoms in total. The second-order valence-electron chi connectivity index (χ2n) is 8.30. The van der Waals surface area contributed by atoms with E-state index in [0.29, 0.717) is 35.0 Å². The molecule has 2 aromatic heterocycles.